The summed E-state index contributed by atoms with van der Waals surface area (Å²) in [5, 5.41) is 1.92. The molecule has 0 saturated carbocycles. The predicted octanol–water partition coefficient (Wildman–Crippen LogP) is 3.07. The van der Waals surface area contributed by atoms with Crippen molar-refractivity contribution in [3.05, 3.63) is 33.8 Å². The van der Waals surface area contributed by atoms with Gasteiger partial charge >= 0.3 is 0 Å². The van der Waals surface area contributed by atoms with Crippen LogP contribution in [0.3, 0.4) is 0 Å². The van der Waals surface area contributed by atoms with Crippen molar-refractivity contribution in [1.29, 1.82) is 0 Å². The van der Waals surface area contributed by atoms with Crippen LogP contribution >= 0.6 is 11.6 Å². The highest BCUT2D eigenvalue weighted by Gasteiger charge is 2.25. The number of benzene rings is 1. The van der Waals surface area contributed by atoms with Gasteiger partial charge in [0.15, 0.2) is 0 Å². The topological polar surface area (TPSA) is 46.3 Å². The lowest BCUT2D eigenvalue weighted by atomic mass is 10.0. The van der Waals surface area contributed by atoms with Crippen molar-refractivity contribution in [1.82, 2.24) is 5.01 Å². The third kappa shape index (κ3) is 2.79. The number of hydrazine groups is 1. The number of carbonyl (C=O) groups is 1. The van der Waals surface area contributed by atoms with Gasteiger partial charge in [0, 0.05) is 10.6 Å². The molecule has 94 valence electrons. The van der Waals surface area contributed by atoms with Gasteiger partial charge in [-0.1, -0.05) is 11.6 Å². The smallest absolute Gasteiger partial charge is 0.268 e. The van der Waals surface area contributed by atoms with E-state index in [4.69, 9.17) is 17.4 Å². The maximum atomic E-state index is 12.2. The first-order chi connectivity index (χ1) is 7.66. The summed E-state index contributed by atoms with van der Waals surface area (Å²) in [5.41, 5.74) is 1.99. The van der Waals surface area contributed by atoms with Crippen LogP contribution in [0.5, 0.6) is 0 Å². The molecule has 0 bridgehead atoms. The van der Waals surface area contributed by atoms with Crippen LogP contribution in [0.1, 0.15) is 42.3 Å². The maximum absolute atomic E-state index is 12.2. The minimum Gasteiger partial charge on any atom is -0.271 e. The minimum absolute atomic E-state index is 0.185. The Bertz CT molecular complexity index is 449. The molecule has 0 aliphatic rings. The van der Waals surface area contributed by atoms with Crippen LogP contribution < -0.4 is 5.84 Å². The summed E-state index contributed by atoms with van der Waals surface area (Å²) in [6.07, 6.45) is 0. The molecule has 1 aromatic carbocycles. The van der Waals surface area contributed by atoms with E-state index < -0.39 is 5.54 Å². The van der Waals surface area contributed by atoms with Crippen molar-refractivity contribution in [2.75, 3.05) is 0 Å². The zero-order valence-corrected chi connectivity index (χ0v) is 11.7. The molecule has 3 nitrogen and oxygen atoms in total. The largest absolute Gasteiger partial charge is 0.271 e. The zero-order chi connectivity index (χ0) is 13.4. The average molecular weight is 255 g/mol. The van der Waals surface area contributed by atoms with Gasteiger partial charge in [0.2, 0.25) is 0 Å². The van der Waals surface area contributed by atoms with Gasteiger partial charge in [0.1, 0.15) is 0 Å². The van der Waals surface area contributed by atoms with Crippen molar-refractivity contribution in [2.24, 2.45) is 5.84 Å². The number of amides is 1. The number of nitrogens with zero attached hydrogens (tertiary/aromatic N) is 1. The standard InChI is InChI=1S/C13H19ClN2O/c1-8-9(2)11(14)7-6-10(8)12(17)16(15)13(3,4)5/h6-7H,15H2,1-5H3. The van der Waals surface area contributed by atoms with E-state index in [1.807, 2.05) is 34.6 Å². The molecule has 4 heteroatoms. The van der Waals surface area contributed by atoms with Crippen molar-refractivity contribution < 1.29 is 4.79 Å². The lowest BCUT2D eigenvalue weighted by Crippen LogP contribution is -2.50. The van der Waals surface area contributed by atoms with Crippen molar-refractivity contribution >= 4 is 17.5 Å². The van der Waals surface area contributed by atoms with E-state index in [2.05, 4.69) is 0 Å². The Balaban J connectivity index is 3.19. The number of hydrogen-bond acceptors (Lipinski definition) is 2. The van der Waals surface area contributed by atoms with E-state index in [0.717, 1.165) is 11.1 Å². The highest BCUT2D eigenvalue weighted by Crippen LogP contribution is 2.24. The molecule has 1 amide bonds. The first-order valence-corrected chi connectivity index (χ1v) is 5.89. The van der Waals surface area contributed by atoms with Crippen molar-refractivity contribution in [3.8, 4) is 0 Å². The molecule has 0 heterocycles. The molecule has 0 fully saturated rings. The highest BCUT2D eigenvalue weighted by atomic mass is 35.5. The van der Waals surface area contributed by atoms with Crippen LogP contribution in [-0.4, -0.2) is 16.5 Å². The second kappa shape index (κ2) is 4.67. The molecule has 0 saturated heterocycles. The summed E-state index contributed by atoms with van der Waals surface area (Å²) in [5.74, 6) is 5.65. The van der Waals surface area contributed by atoms with E-state index in [0.29, 0.717) is 10.6 Å². The average Bonchev–Trinajstić information content (AvgIpc) is 2.23. The Hall–Kier alpha value is -1.06. The lowest BCUT2D eigenvalue weighted by molar-refractivity contribution is 0.0581. The monoisotopic (exact) mass is 254 g/mol. The summed E-state index contributed by atoms with van der Waals surface area (Å²) in [7, 11) is 0. The fraction of sp³-hybridized carbons (Fsp3) is 0.462. The van der Waals surface area contributed by atoms with Crippen LogP contribution in [0.2, 0.25) is 5.02 Å². The van der Waals surface area contributed by atoms with E-state index in [9.17, 15) is 4.79 Å². The molecule has 0 atom stereocenters. The van der Waals surface area contributed by atoms with Gasteiger partial charge in [-0.15, -0.1) is 0 Å². The predicted molar refractivity (Wildman–Crippen MR) is 71.0 cm³/mol. The van der Waals surface area contributed by atoms with Gasteiger partial charge in [-0.3, -0.25) is 9.80 Å². The first-order valence-electron chi connectivity index (χ1n) is 5.51. The van der Waals surface area contributed by atoms with Gasteiger partial charge in [0.25, 0.3) is 5.91 Å². The van der Waals surface area contributed by atoms with E-state index >= 15 is 0 Å². The Morgan fingerprint density at radius 2 is 1.76 bits per heavy atom. The van der Waals surface area contributed by atoms with Gasteiger partial charge in [-0.25, -0.2) is 5.84 Å². The molecular weight excluding hydrogens is 236 g/mol. The Morgan fingerprint density at radius 1 is 1.24 bits per heavy atom. The molecule has 0 aliphatic carbocycles. The third-order valence-electron chi connectivity index (χ3n) is 2.89. The molecule has 1 rings (SSSR count). The van der Waals surface area contributed by atoms with Crippen LogP contribution in [0.4, 0.5) is 0 Å². The SMILES string of the molecule is Cc1c(Cl)ccc(C(=O)N(N)C(C)(C)C)c1C. The quantitative estimate of drug-likeness (QED) is 0.476. The second-order valence-electron chi connectivity index (χ2n) is 5.19. The number of nitrogens with two attached hydrogens (primary N) is 1. The summed E-state index contributed by atoms with van der Waals surface area (Å²) in [6, 6.07) is 3.45. The van der Waals surface area contributed by atoms with Gasteiger partial charge in [-0.2, -0.15) is 0 Å². The van der Waals surface area contributed by atoms with E-state index in [1.54, 1.807) is 12.1 Å². The molecule has 17 heavy (non-hydrogen) atoms. The van der Waals surface area contributed by atoms with Crippen molar-refractivity contribution in [2.45, 2.75) is 40.2 Å². The summed E-state index contributed by atoms with van der Waals surface area (Å²) >= 11 is 6.00. The minimum atomic E-state index is -0.406. The van der Waals surface area contributed by atoms with Crippen LogP contribution in [0.25, 0.3) is 0 Å². The van der Waals surface area contributed by atoms with Gasteiger partial charge in [0.05, 0.1) is 5.54 Å². The molecule has 0 radical (unpaired) electrons. The fourth-order valence-electron chi connectivity index (χ4n) is 1.45. The summed E-state index contributed by atoms with van der Waals surface area (Å²) in [4.78, 5) is 12.2. The van der Waals surface area contributed by atoms with Gasteiger partial charge < -0.3 is 0 Å². The highest BCUT2D eigenvalue weighted by molar-refractivity contribution is 6.31. The fourth-order valence-corrected chi connectivity index (χ4v) is 1.66. The van der Waals surface area contributed by atoms with Crippen LogP contribution in [-0.2, 0) is 0 Å². The molecule has 0 aromatic heterocycles. The Morgan fingerprint density at radius 3 is 2.24 bits per heavy atom. The van der Waals surface area contributed by atoms with Crippen LogP contribution in [0, 0.1) is 13.8 Å². The van der Waals surface area contributed by atoms with Crippen LogP contribution in [0.15, 0.2) is 12.1 Å². The number of carbonyl (C=O) groups excluding carboxylic acids is 1. The summed E-state index contributed by atoms with van der Waals surface area (Å²) in [6.45, 7) is 9.45. The van der Waals surface area contributed by atoms with Crippen molar-refractivity contribution in [3.63, 3.8) is 0 Å². The summed E-state index contributed by atoms with van der Waals surface area (Å²) < 4.78 is 0. The second-order valence-corrected chi connectivity index (χ2v) is 5.60. The number of halogens is 1. The molecule has 1 aromatic rings. The Labute approximate surface area is 108 Å². The molecule has 0 unspecified atom stereocenters. The zero-order valence-electron chi connectivity index (χ0n) is 11.0. The normalized spacial score (nSPS) is 11.5. The molecule has 2 N–H and O–H groups in total. The molecule has 0 spiro atoms. The molecule has 0 aliphatic heterocycles. The third-order valence-corrected chi connectivity index (χ3v) is 3.30. The Kier molecular flexibility index (Phi) is 3.84. The maximum Gasteiger partial charge on any atom is 0.268 e. The van der Waals surface area contributed by atoms with E-state index in [1.165, 1.54) is 5.01 Å². The van der Waals surface area contributed by atoms with E-state index in [-0.39, 0.29) is 5.91 Å². The number of rotatable bonds is 1. The first kappa shape index (κ1) is 14.0. The number of hydrogen-bond donors (Lipinski definition) is 1. The van der Waals surface area contributed by atoms with Gasteiger partial charge in [-0.05, 0) is 57.9 Å². The lowest BCUT2D eigenvalue weighted by Gasteiger charge is -2.31. The molecular formula is C13H19ClN2O.